The Labute approximate surface area is 200 Å². The highest BCUT2D eigenvalue weighted by molar-refractivity contribution is 5.92. The molecule has 2 atom stereocenters. The Morgan fingerprint density at radius 2 is 1.53 bits per heavy atom. The summed E-state index contributed by atoms with van der Waals surface area (Å²) in [5.41, 5.74) is 1.20. The van der Waals surface area contributed by atoms with Crippen LogP contribution in [0, 0.1) is 0 Å². The molecule has 3 rings (SSSR count). The molecule has 2 aromatic heterocycles. The van der Waals surface area contributed by atoms with Gasteiger partial charge >= 0.3 is 24.3 Å². The number of pyridine rings is 1. The average Bonchev–Trinajstić information content (AvgIpc) is 3.44. The number of alkyl halides is 6. The Bertz CT molecular complexity index is 956. The van der Waals surface area contributed by atoms with Gasteiger partial charge in [0.1, 0.15) is 0 Å². The van der Waals surface area contributed by atoms with E-state index in [9.17, 15) is 31.1 Å². The predicted molar refractivity (Wildman–Crippen MR) is 111 cm³/mol. The van der Waals surface area contributed by atoms with Crippen molar-refractivity contribution in [1.29, 1.82) is 0 Å². The Kier molecular flexibility index (Phi) is 10.9. The van der Waals surface area contributed by atoms with Gasteiger partial charge in [-0.05, 0) is 56.8 Å². The molecule has 1 aliphatic rings. The Hall–Kier alpha value is -3.62. The molecule has 2 N–H and O–H groups in total. The minimum atomic E-state index is -5.08. The summed E-state index contributed by atoms with van der Waals surface area (Å²) in [5.74, 6) is -5.12. The highest BCUT2D eigenvalue weighted by Gasteiger charge is 2.40. The van der Waals surface area contributed by atoms with Crippen LogP contribution in [-0.2, 0) is 16.0 Å². The topological polar surface area (TPSA) is 124 Å². The van der Waals surface area contributed by atoms with Crippen LogP contribution in [0.25, 0.3) is 0 Å². The number of halogens is 6. The normalized spacial score (nSPS) is 17.5. The van der Waals surface area contributed by atoms with E-state index in [1.165, 1.54) is 5.56 Å². The van der Waals surface area contributed by atoms with Crippen LogP contribution in [0.5, 0.6) is 0 Å². The van der Waals surface area contributed by atoms with Crippen molar-refractivity contribution in [1.82, 2.24) is 14.8 Å². The van der Waals surface area contributed by atoms with Crippen LogP contribution in [-0.4, -0.2) is 87.9 Å². The third kappa shape index (κ3) is 9.56. The number of rotatable bonds is 4. The molecule has 1 aliphatic heterocycles. The van der Waals surface area contributed by atoms with Crippen molar-refractivity contribution < 1.29 is 55.4 Å². The van der Waals surface area contributed by atoms with Crippen molar-refractivity contribution in [3.05, 3.63) is 54.2 Å². The monoisotopic (exact) mass is 527 g/mol. The van der Waals surface area contributed by atoms with Crippen molar-refractivity contribution in [3.63, 3.8) is 0 Å². The quantitative estimate of drug-likeness (QED) is 0.581. The summed E-state index contributed by atoms with van der Waals surface area (Å²) < 4.78 is 68.8. The first-order valence-corrected chi connectivity index (χ1v) is 10.1. The van der Waals surface area contributed by atoms with Crippen LogP contribution < -0.4 is 0 Å². The van der Waals surface area contributed by atoms with Crippen molar-refractivity contribution in [3.8, 4) is 0 Å². The molecule has 36 heavy (non-hydrogen) atoms. The second-order valence-electron chi connectivity index (χ2n) is 7.53. The van der Waals surface area contributed by atoms with E-state index < -0.39 is 24.3 Å². The van der Waals surface area contributed by atoms with Gasteiger partial charge < -0.3 is 24.4 Å². The summed E-state index contributed by atoms with van der Waals surface area (Å²) >= 11 is 0. The van der Waals surface area contributed by atoms with Gasteiger partial charge in [-0.1, -0.05) is 0 Å². The molecule has 2 aromatic rings. The highest BCUT2D eigenvalue weighted by atomic mass is 19.4. The summed E-state index contributed by atoms with van der Waals surface area (Å²) in [7, 11) is 4.15. The number of hydrogen-bond donors (Lipinski definition) is 2. The molecule has 0 radical (unpaired) electrons. The highest BCUT2D eigenvalue weighted by Crippen LogP contribution is 2.26. The lowest BCUT2D eigenvalue weighted by atomic mass is 10.00. The van der Waals surface area contributed by atoms with Gasteiger partial charge in [-0.25, -0.2) is 9.59 Å². The number of furan rings is 1. The van der Waals surface area contributed by atoms with Gasteiger partial charge in [0.25, 0.3) is 5.91 Å². The van der Waals surface area contributed by atoms with Gasteiger partial charge in [-0.3, -0.25) is 9.78 Å². The number of nitrogens with zero attached hydrogens (tertiary/aromatic N) is 3. The SMILES string of the molecule is CN(C)[C@@H]1CCN(C(=O)c2ccco2)[C@H]1Cc1ccncc1.O=C(O)C(F)(F)F.O=C(O)C(F)(F)F. The maximum atomic E-state index is 12.7. The molecule has 15 heteroatoms. The van der Waals surface area contributed by atoms with Gasteiger partial charge in [0, 0.05) is 25.0 Å². The summed E-state index contributed by atoms with van der Waals surface area (Å²) in [6, 6.07) is 8.02. The van der Waals surface area contributed by atoms with E-state index in [1.807, 2.05) is 17.0 Å². The second-order valence-corrected chi connectivity index (χ2v) is 7.53. The summed E-state index contributed by atoms with van der Waals surface area (Å²) in [5, 5.41) is 14.2. The van der Waals surface area contributed by atoms with Gasteiger partial charge in [0.2, 0.25) is 0 Å². The molecule has 0 saturated carbocycles. The van der Waals surface area contributed by atoms with E-state index in [1.54, 1.807) is 30.8 Å². The summed E-state index contributed by atoms with van der Waals surface area (Å²) in [4.78, 5) is 38.7. The standard InChI is InChI=1S/C17H21N3O2.2C2HF3O2/c1-19(2)14-7-10-20(17(21)16-4-3-11-22-16)15(14)12-13-5-8-18-9-6-13;2*3-2(4,5)1(6)7/h3-6,8-9,11,14-15H,7,10,12H2,1-2H3;2*(H,6,7)/t14-,15+;;/m1../s1. The van der Waals surface area contributed by atoms with Crippen molar-refractivity contribution >= 4 is 17.8 Å². The third-order valence-corrected chi connectivity index (χ3v) is 4.85. The van der Waals surface area contributed by atoms with Crippen molar-refractivity contribution in [2.24, 2.45) is 0 Å². The zero-order chi connectivity index (χ0) is 27.7. The predicted octanol–water partition coefficient (Wildman–Crippen LogP) is 3.33. The number of carboxylic acids is 2. The van der Waals surface area contributed by atoms with E-state index >= 15 is 0 Å². The minimum absolute atomic E-state index is 0.0200. The van der Waals surface area contributed by atoms with E-state index in [2.05, 4.69) is 24.0 Å². The largest absolute Gasteiger partial charge is 0.490 e. The van der Waals surface area contributed by atoms with Crippen molar-refractivity contribution in [2.75, 3.05) is 20.6 Å². The fourth-order valence-electron chi connectivity index (χ4n) is 3.24. The number of likely N-dealkylation sites (tertiary alicyclic amines) is 1. The zero-order valence-electron chi connectivity index (χ0n) is 19.0. The summed E-state index contributed by atoms with van der Waals surface area (Å²) in [6.07, 6.45) is -3.21. The van der Waals surface area contributed by atoms with E-state index in [0.717, 1.165) is 19.4 Å². The molecule has 9 nitrogen and oxygen atoms in total. The van der Waals surface area contributed by atoms with Crippen LogP contribution in [0.4, 0.5) is 26.3 Å². The number of likely N-dealkylation sites (N-methyl/N-ethyl adjacent to an activating group) is 1. The molecular weight excluding hydrogens is 504 g/mol. The van der Waals surface area contributed by atoms with E-state index in [0.29, 0.717) is 11.8 Å². The molecule has 0 bridgehead atoms. The molecule has 1 saturated heterocycles. The molecule has 0 aromatic carbocycles. The first-order valence-electron chi connectivity index (χ1n) is 10.1. The maximum Gasteiger partial charge on any atom is 0.490 e. The maximum absolute atomic E-state index is 12.7. The Morgan fingerprint density at radius 3 is 1.92 bits per heavy atom. The van der Waals surface area contributed by atoms with Crippen LogP contribution in [0.3, 0.4) is 0 Å². The summed E-state index contributed by atoms with van der Waals surface area (Å²) in [6.45, 7) is 0.762. The van der Waals surface area contributed by atoms with Gasteiger partial charge in [0.05, 0.1) is 12.3 Å². The molecule has 0 spiro atoms. The minimum Gasteiger partial charge on any atom is -0.475 e. The van der Waals surface area contributed by atoms with Gasteiger partial charge in [-0.15, -0.1) is 0 Å². The molecule has 3 heterocycles. The first-order chi connectivity index (χ1) is 16.6. The molecular formula is C21H23F6N3O6. The molecule has 0 aliphatic carbocycles. The number of aromatic nitrogens is 1. The number of carbonyl (C=O) groups is 3. The Morgan fingerprint density at radius 1 is 1.03 bits per heavy atom. The second kappa shape index (κ2) is 12.9. The lowest BCUT2D eigenvalue weighted by Gasteiger charge is -2.31. The molecule has 1 amide bonds. The molecule has 200 valence electrons. The number of carbonyl (C=O) groups excluding carboxylic acids is 1. The fraction of sp³-hybridized carbons (Fsp3) is 0.429. The van der Waals surface area contributed by atoms with Crippen LogP contribution >= 0.6 is 0 Å². The number of amides is 1. The van der Waals surface area contributed by atoms with Crippen LogP contribution in [0.2, 0.25) is 0 Å². The lowest BCUT2D eigenvalue weighted by molar-refractivity contribution is -0.193. The van der Waals surface area contributed by atoms with Crippen LogP contribution in [0.1, 0.15) is 22.5 Å². The smallest absolute Gasteiger partial charge is 0.475 e. The number of aliphatic carboxylic acids is 2. The van der Waals surface area contributed by atoms with E-state index in [-0.39, 0.29) is 11.9 Å². The van der Waals surface area contributed by atoms with Gasteiger partial charge in [0.15, 0.2) is 5.76 Å². The van der Waals surface area contributed by atoms with E-state index in [4.69, 9.17) is 24.2 Å². The average molecular weight is 527 g/mol. The molecule has 0 unspecified atom stereocenters. The van der Waals surface area contributed by atoms with Gasteiger partial charge in [-0.2, -0.15) is 26.3 Å². The third-order valence-electron chi connectivity index (χ3n) is 4.85. The van der Waals surface area contributed by atoms with Crippen molar-refractivity contribution in [2.45, 2.75) is 37.3 Å². The first kappa shape index (κ1) is 30.4. The van der Waals surface area contributed by atoms with Crippen LogP contribution in [0.15, 0.2) is 47.3 Å². The lowest BCUT2D eigenvalue weighted by Crippen LogP contribution is -2.45. The number of carboxylic acid groups (broad SMARTS) is 2. The fourth-order valence-corrected chi connectivity index (χ4v) is 3.24. The Balaban J connectivity index is 0.000000383. The zero-order valence-corrected chi connectivity index (χ0v) is 19.0. The molecule has 1 fully saturated rings. The number of hydrogen-bond acceptors (Lipinski definition) is 6.